The summed E-state index contributed by atoms with van der Waals surface area (Å²) < 4.78 is 27.0. The van der Waals surface area contributed by atoms with Gasteiger partial charge in [-0.15, -0.1) is 0 Å². The first-order valence-corrected chi connectivity index (χ1v) is 12.3. The summed E-state index contributed by atoms with van der Waals surface area (Å²) in [4.78, 5) is 17.7. The van der Waals surface area contributed by atoms with E-state index in [-0.39, 0.29) is 11.8 Å². The smallest absolute Gasteiger partial charge is 0.253 e. The van der Waals surface area contributed by atoms with Gasteiger partial charge in [0.1, 0.15) is 29.1 Å². The number of imidazole rings is 1. The van der Waals surface area contributed by atoms with Gasteiger partial charge in [0.05, 0.1) is 35.4 Å². The van der Waals surface area contributed by atoms with Crippen molar-refractivity contribution >= 4 is 32.7 Å². The molecule has 11 nitrogen and oxygen atoms in total. The molecule has 2 N–H and O–H groups in total. The average molecular weight is 471 g/mol. The maximum Gasteiger partial charge on any atom is 0.253 e. The van der Waals surface area contributed by atoms with Crippen LogP contribution in [0.2, 0.25) is 0 Å². The molecule has 0 radical (unpaired) electrons. The van der Waals surface area contributed by atoms with E-state index in [9.17, 15) is 13.5 Å². The van der Waals surface area contributed by atoms with E-state index in [0.717, 1.165) is 16.0 Å². The van der Waals surface area contributed by atoms with Gasteiger partial charge >= 0.3 is 0 Å². The van der Waals surface area contributed by atoms with Crippen LogP contribution in [0.1, 0.15) is 52.1 Å². The molecule has 0 amide bonds. The van der Waals surface area contributed by atoms with Gasteiger partial charge in [0.25, 0.3) is 10.0 Å². The lowest BCUT2D eigenvalue weighted by Gasteiger charge is -2.17. The highest BCUT2D eigenvalue weighted by molar-refractivity contribution is 7.89. The Labute approximate surface area is 191 Å². The van der Waals surface area contributed by atoms with E-state index in [1.807, 2.05) is 10.6 Å². The minimum atomic E-state index is -3.48. The Balaban J connectivity index is 1.67. The molecule has 0 aliphatic carbocycles. The van der Waals surface area contributed by atoms with E-state index >= 15 is 0 Å². The van der Waals surface area contributed by atoms with Crippen molar-refractivity contribution in [1.82, 2.24) is 33.7 Å². The topological polar surface area (TPSA) is 141 Å². The summed E-state index contributed by atoms with van der Waals surface area (Å²) in [5.74, 6) is 1.91. The van der Waals surface area contributed by atoms with Crippen LogP contribution >= 0.6 is 0 Å². The Morgan fingerprint density at radius 3 is 2.61 bits per heavy atom. The van der Waals surface area contributed by atoms with Crippen molar-refractivity contribution in [3.05, 3.63) is 42.7 Å². The molecule has 33 heavy (non-hydrogen) atoms. The molecule has 4 rings (SSSR count). The molecule has 0 spiro atoms. The first-order valence-electron chi connectivity index (χ1n) is 10.7. The number of anilines is 2. The zero-order valence-corrected chi connectivity index (χ0v) is 19.7. The van der Waals surface area contributed by atoms with Crippen molar-refractivity contribution in [2.75, 3.05) is 11.1 Å². The third-order valence-electron chi connectivity index (χ3n) is 5.39. The van der Waals surface area contributed by atoms with E-state index in [0.29, 0.717) is 34.4 Å². The largest absolute Gasteiger partial charge is 0.385 e. The fourth-order valence-corrected chi connectivity index (χ4v) is 4.16. The molecule has 2 unspecified atom stereocenters. The number of aliphatic hydroxyl groups is 1. The summed E-state index contributed by atoms with van der Waals surface area (Å²) >= 11 is 0. The molecule has 0 aromatic carbocycles. The first-order chi connectivity index (χ1) is 15.7. The van der Waals surface area contributed by atoms with Crippen LogP contribution in [-0.4, -0.2) is 53.0 Å². The summed E-state index contributed by atoms with van der Waals surface area (Å²) in [6.07, 6.45) is 6.22. The van der Waals surface area contributed by atoms with E-state index in [1.54, 1.807) is 32.3 Å². The molecule has 0 bridgehead atoms. The van der Waals surface area contributed by atoms with Crippen molar-refractivity contribution < 1.29 is 13.5 Å². The lowest BCUT2D eigenvalue weighted by atomic mass is 10.2. The Bertz CT molecular complexity index is 1390. The van der Waals surface area contributed by atoms with E-state index < -0.39 is 16.1 Å². The van der Waals surface area contributed by atoms with Gasteiger partial charge in [-0.3, -0.25) is 0 Å². The molecule has 174 valence electrons. The fourth-order valence-electron chi connectivity index (χ4n) is 3.43. The third-order valence-corrected chi connectivity index (χ3v) is 6.89. The fraction of sp³-hybridized carbons (Fsp3) is 0.381. The zero-order valence-electron chi connectivity index (χ0n) is 18.8. The van der Waals surface area contributed by atoms with Crippen LogP contribution in [0.4, 0.5) is 11.6 Å². The molecule has 0 saturated carbocycles. The van der Waals surface area contributed by atoms with Gasteiger partial charge in [-0.2, -0.15) is 9.19 Å². The SMILES string of the molecule is CCC(C)n1c(C(C)O)nc2cnc(Nc3ccnc(-c4cnn(S(=O)(=O)CC)c4)n3)cc21. The molecule has 0 aliphatic heterocycles. The number of aliphatic hydroxyl groups excluding tert-OH is 1. The van der Waals surface area contributed by atoms with Crippen LogP contribution in [0.25, 0.3) is 22.4 Å². The van der Waals surface area contributed by atoms with Crippen LogP contribution in [0.5, 0.6) is 0 Å². The van der Waals surface area contributed by atoms with Gasteiger partial charge in [-0.1, -0.05) is 6.92 Å². The quantitative estimate of drug-likeness (QED) is 0.397. The maximum absolute atomic E-state index is 12.0. The van der Waals surface area contributed by atoms with Gasteiger partial charge < -0.3 is 15.0 Å². The number of nitrogens with zero attached hydrogens (tertiary/aromatic N) is 7. The van der Waals surface area contributed by atoms with Crippen molar-refractivity contribution in [2.24, 2.45) is 0 Å². The van der Waals surface area contributed by atoms with Gasteiger partial charge in [0, 0.05) is 18.3 Å². The molecule has 12 heteroatoms. The highest BCUT2D eigenvalue weighted by atomic mass is 32.2. The predicted molar refractivity (Wildman–Crippen MR) is 125 cm³/mol. The summed E-state index contributed by atoms with van der Waals surface area (Å²) in [6.45, 7) is 7.41. The van der Waals surface area contributed by atoms with Gasteiger partial charge in [0.2, 0.25) is 0 Å². The number of pyridine rings is 1. The highest BCUT2D eigenvalue weighted by Crippen LogP contribution is 2.28. The molecule has 4 aromatic rings. The van der Waals surface area contributed by atoms with E-state index in [4.69, 9.17) is 0 Å². The number of hydrogen-bond acceptors (Lipinski definition) is 9. The lowest BCUT2D eigenvalue weighted by molar-refractivity contribution is 0.182. The summed E-state index contributed by atoms with van der Waals surface area (Å²) in [5.41, 5.74) is 2.04. The van der Waals surface area contributed by atoms with Crippen molar-refractivity contribution in [3.8, 4) is 11.4 Å². The van der Waals surface area contributed by atoms with Crippen LogP contribution < -0.4 is 5.32 Å². The Kier molecular flexibility index (Phi) is 6.13. The number of rotatable bonds is 8. The van der Waals surface area contributed by atoms with Crippen LogP contribution in [0.3, 0.4) is 0 Å². The van der Waals surface area contributed by atoms with Gasteiger partial charge in [-0.05, 0) is 33.3 Å². The monoisotopic (exact) mass is 470 g/mol. The summed E-state index contributed by atoms with van der Waals surface area (Å²) in [7, 11) is -3.48. The first kappa shape index (κ1) is 22.8. The van der Waals surface area contributed by atoms with E-state index in [1.165, 1.54) is 12.4 Å². The molecular weight excluding hydrogens is 444 g/mol. The third kappa shape index (κ3) is 4.44. The van der Waals surface area contributed by atoms with Crippen LogP contribution in [0.15, 0.2) is 36.9 Å². The van der Waals surface area contributed by atoms with Crippen molar-refractivity contribution in [2.45, 2.75) is 46.3 Å². The lowest BCUT2D eigenvalue weighted by Crippen LogP contribution is -2.14. The average Bonchev–Trinajstić information content (AvgIpc) is 3.44. The van der Waals surface area contributed by atoms with Gasteiger partial charge in [0.15, 0.2) is 5.82 Å². The normalized spacial score (nSPS) is 13.8. The molecule has 4 heterocycles. The number of aromatic nitrogens is 7. The van der Waals surface area contributed by atoms with E-state index in [2.05, 4.69) is 44.2 Å². The molecule has 0 saturated heterocycles. The minimum absolute atomic E-state index is 0.0608. The summed E-state index contributed by atoms with van der Waals surface area (Å²) in [5, 5.41) is 17.3. The highest BCUT2D eigenvalue weighted by Gasteiger charge is 2.19. The molecule has 0 fully saturated rings. The second-order valence-electron chi connectivity index (χ2n) is 7.72. The van der Waals surface area contributed by atoms with Gasteiger partial charge in [-0.25, -0.2) is 28.4 Å². The molecule has 0 aliphatic rings. The molecule has 2 atom stereocenters. The van der Waals surface area contributed by atoms with Crippen molar-refractivity contribution in [1.29, 1.82) is 0 Å². The zero-order chi connectivity index (χ0) is 23.8. The Morgan fingerprint density at radius 2 is 1.91 bits per heavy atom. The predicted octanol–water partition coefficient (Wildman–Crippen LogP) is 3.05. The molecular formula is C21H26N8O3S. The second kappa shape index (κ2) is 8.87. The standard InChI is InChI=1S/C21H26N8O3S/c1-5-13(3)29-17-9-19(23-11-16(17)25-21(29)14(4)30)26-18-7-8-22-20(27-18)15-10-24-28(12-15)33(31,32)6-2/h7-14,30H,5-6H2,1-4H3,(H,22,23,26,27). The number of hydrogen-bond donors (Lipinski definition) is 2. The number of nitrogens with one attached hydrogen (secondary N) is 1. The maximum atomic E-state index is 12.0. The second-order valence-corrected chi connectivity index (χ2v) is 9.84. The minimum Gasteiger partial charge on any atom is -0.385 e. The van der Waals surface area contributed by atoms with Crippen molar-refractivity contribution in [3.63, 3.8) is 0 Å². The Hall–Kier alpha value is -3.38. The Morgan fingerprint density at radius 1 is 1.12 bits per heavy atom. The van der Waals surface area contributed by atoms with Crippen LogP contribution in [0, 0.1) is 0 Å². The van der Waals surface area contributed by atoms with Crippen LogP contribution in [-0.2, 0) is 10.0 Å². The summed E-state index contributed by atoms with van der Waals surface area (Å²) in [6, 6.07) is 3.71. The molecule has 4 aromatic heterocycles. The number of fused-ring (bicyclic) bond motifs is 1.